The van der Waals surface area contributed by atoms with Crippen molar-refractivity contribution >= 4 is 12.0 Å². The fourth-order valence-corrected chi connectivity index (χ4v) is 0.345. The van der Waals surface area contributed by atoms with E-state index in [4.69, 9.17) is 5.41 Å². The maximum Gasteiger partial charge on any atom is 0.167 e. The third-order valence-electron chi connectivity index (χ3n) is 0.571. The largest absolute Gasteiger partial charge is 0.297 e. The van der Waals surface area contributed by atoms with E-state index in [0.717, 1.165) is 5.57 Å². The van der Waals surface area contributed by atoms with Gasteiger partial charge in [-0.3, -0.25) is 10.2 Å². The second kappa shape index (κ2) is 3.13. The Morgan fingerprint density at radius 1 is 1.50 bits per heavy atom. The molecule has 0 heterocycles. The van der Waals surface area contributed by atoms with E-state index in [1.807, 2.05) is 13.8 Å². The summed E-state index contributed by atoms with van der Waals surface area (Å²) < 4.78 is 0. The number of allylic oxidation sites excluding steroid dienone is 2. The van der Waals surface area contributed by atoms with Crippen molar-refractivity contribution in [3.8, 4) is 0 Å². The molecule has 0 saturated carbocycles. The van der Waals surface area contributed by atoms with Gasteiger partial charge in [-0.05, 0) is 19.9 Å². The maximum absolute atomic E-state index is 9.77. The van der Waals surface area contributed by atoms with Crippen LogP contribution in [0, 0.1) is 5.41 Å². The summed E-state index contributed by atoms with van der Waals surface area (Å²) in [5, 5.41) is 6.82. The first kappa shape index (κ1) is 7.08. The first-order valence-electron chi connectivity index (χ1n) is 2.35. The van der Waals surface area contributed by atoms with Crippen LogP contribution in [0.25, 0.3) is 0 Å². The molecule has 0 saturated heterocycles. The van der Waals surface area contributed by atoms with E-state index < -0.39 is 0 Å². The lowest BCUT2D eigenvalue weighted by Crippen LogP contribution is -1.90. The molecule has 2 heteroatoms. The molecule has 0 bridgehead atoms. The number of aldehydes is 1. The van der Waals surface area contributed by atoms with Gasteiger partial charge in [-0.25, -0.2) is 0 Å². The van der Waals surface area contributed by atoms with E-state index >= 15 is 0 Å². The molecule has 0 unspecified atom stereocenters. The summed E-state index contributed by atoms with van der Waals surface area (Å²) >= 11 is 0. The van der Waals surface area contributed by atoms with Crippen molar-refractivity contribution in [1.29, 1.82) is 5.41 Å². The van der Waals surface area contributed by atoms with Crippen LogP contribution in [0.2, 0.25) is 0 Å². The van der Waals surface area contributed by atoms with Gasteiger partial charge in [-0.2, -0.15) is 0 Å². The van der Waals surface area contributed by atoms with Crippen LogP contribution >= 0.6 is 0 Å². The third-order valence-corrected chi connectivity index (χ3v) is 0.571. The molecule has 0 atom stereocenters. The van der Waals surface area contributed by atoms with Crippen molar-refractivity contribution in [2.45, 2.75) is 13.8 Å². The highest BCUT2D eigenvalue weighted by molar-refractivity contribution is 6.32. The lowest BCUT2D eigenvalue weighted by molar-refractivity contribution is -0.102. The highest BCUT2D eigenvalue weighted by atomic mass is 16.1. The number of hydrogen-bond donors (Lipinski definition) is 1. The van der Waals surface area contributed by atoms with E-state index in [1.165, 1.54) is 6.08 Å². The molecule has 2 nitrogen and oxygen atoms in total. The minimum Gasteiger partial charge on any atom is -0.297 e. The minimum atomic E-state index is 0.0324. The molecule has 0 radical (unpaired) electrons. The SMILES string of the molecule is CC(C)=CC(=N)C=O. The third kappa shape index (κ3) is 3.28. The van der Waals surface area contributed by atoms with Gasteiger partial charge in [0, 0.05) is 0 Å². The minimum absolute atomic E-state index is 0.0324. The van der Waals surface area contributed by atoms with Crippen LogP contribution in [0.15, 0.2) is 11.6 Å². The van der Waals surface area contributed by atoms with Crippen LogP contribution in [-0.2, 0) is 4.79 Å². The predicted octanol–water partition coefficient (Wildman–Crippen LogP) is 1.17. The Morgan fingerprint density at radius 3 is 2.12 bits per heavy atom. The van der Waals surface area contributed by atoms with Crippen LogP contribution in [0.3, 0.4) is 0 Å². The van der Waals surface area contributed by atoms with E-state index in [1.54, 1.807) is 0 Å². The maximum atomic E-state index is 9.77. The molecule has 1 N–H and O–H groups in total. The number of carbonyl (C=O) groups is 1. The number of nitrogens with one attached hydrogen (secondary N) is 1. The van der Waals surface area contributed by atoms with Crippen molar-refractivity contribution in [2.24, 2.45) is 0 Å². The summed E-state index contributed by atoms with van der Waals surface area (Å²) in [5.74, 6) is 0. The first-order valence-corrected chi connectivity index (χ1v) is 2.35. The molecule has 0 aromatic heterocycles. The van der Waals surface area contributed by atoms with E-state index in [0.29, 0.717) is 6.29 Å². The van der Waals surface area contributed by atoms with Gasteiger partial charge < -0.3 is 0 Å². The monoisotopic (exact) mass is 111 g/mol. The van der Waals surface area contributed by atoms with Crippen LogP contribution in [-0.4, -0.2) is 12.0 Å². The van der Waals surface area contributed by atoms with Crippen molar-refractivity contribution in [3.63, 3.8) is 0 Å². The first-order chi connectivity index (χ1) is 3.66. The molecule has 0 spiro atoms. The van der Waals surface area contributed by atoms with Gasteiger partial charge in [0.2, 0.25) is 0 Å². The van der Waals surface area contributed by atoms with E-state index in [-0.39, 0.29) is 5.71 Å². The van der Waals surface area contributed by atoms with Crippen molar-refractivity contribution < 1.29 is 4.79 Å². The fourth-order valence-electron chi connectivity index (χ4n) is 0.345. The Balaban J connectivity index is 3.89. The average Bonchev–Trinajstić information content (AvgIpc) is 1.65. The van der Waals surface area contributed by atoms with Gasteiger partial charge in [-0.15, -0.1) is 0 Å². The van der Waals surface area contributed by atoms with Gasteiger partial charge in [0.15, 0.2) is 6.29 Å². The zero-order chi connectivity index (χ0) is 6.57. The second-order valence-electron chi connectivity index (χ2n) is 1.79. The summed E-state index contributed by atoms with van der Waals surface area (Å²) in [4.78, 5) is 9.77. The highest BCUT2D eigenvalue weighted by Crippen LogP contribution is 1.86. The Labute approximate surface area is 48.7 Å². The zero-order valence-corrected chi connectivity index (χ0v) is 5.06. The lowest BCUT2D eigenvalue weighted by atomic mass is 10.2. The van der Waals surface area contributed by atoms with Crippen LogP contribution < -0.4 is 0 Å². The normalized spacial score (nSPS) is 7.75. The smallest absolute Gasteiger partial charge is 0.167 e. The van der Waals surface area contributed by atoms with Gasteiger partial charge in [0.25, 0.3) is 0 Å². The van der Waals surface area contributed by atoms with Gasteiger partial charge in [0.1, 0.15) is 0 Å². The number of hydrogen-bond acceptors (Lipinski definition) is 2. The standard InChI is InChI=1S/C6H9NO/c1-5(2)3-6(7)4-8/h3-4,7H,1-2H3. The zero-order valence-electron chi connectivity index (χ0n) is 5.06. The van der Waals surface area contributed by atoms with Gasteiger partial charge >= 0.3 is 0 Å². The molecular formula is C6H9NO. The summed E-state index contributed by atoms with van der Waals surface area (Å²) in [6.07, 6.45) is 2.04. The summed E-state index contributed by atoms with van der Waals surface area (Å²) in [5.41, 5.74) is 1.01. The molecule has 0 aromatic carbocycles. The number of carbonyl (C=O) groups excluding carboxylic acids is 1. The number of rotatable bonds is 2. The topological polar surface area (TPSA) is 40.9 Å². The van der Waals surface area contributed by atoms with Crippen LogP contribution in [0.5, 0.6) is 0 Å². The Morgan fingerprint density at radius 2 is 2.00 bits per heavy atom. The second-order valence-corrected chi connectivity index (χ2v) is 1.79. The fraction of sp³-hybridized carbons (Fsp3) is 0.333. The van der Waals surface area contributed by atoms with E-state index in [2.05, 4.69) is 0 Å². The average molecular weight is 111 g/mol. The summed E-state index contributed by atoms with van der Waals surface area (Å²) in [6.45, 7) is 3.69. The Hall–Kier alpha value is -0.920. The van der Waals surface area contributed by atoms with Crippen molar-refractivity contribution in [2.75, 3.05) is 0 Å². The molecule has 44 valence electrons. The van der Waals surface area contributed by atoms with E-state index in [9.17, 15) is 4.79 Å². The Kier molecular flexibility index (Phi) is 2.77. The molecule has 0 rings (SSSR count). The lowest BCUT2D eigenvalue weighted by Gasteiger charge is -1.83. The van der Waals surface area contributed by atoms with Crippen molar-refractivity contribution in [3.05, 3.63) is 11.6 Å². The predicted molar refractivity (Wildman–Crippen MR) is 33.2 cm³/mol. The molecule has 0 aliphatic heterocycles. The molecule has 0 amide bonds. The van der Waals surface area contributed by atoms with Crippen LogP contribution in [0.4, 0.5) is 0 Å². The Bertz CT molecular complexity index is 131. The van der Waals surface area contributed by atoms with Crippen molar-refractivity contribution in [1.82, 2.24) is 0 Å². The molecular weight excluding hydrogens is 102 g/mol. The summed E-state index contributed by atoms with van der Waals surface area (Å²) in [6, 6.07) is 0. The molecule has 0 aromatic rings. The molecule has 8 heavy (non-hydrogen) atoms. The van der Waals surface area contributed by atoms with Gasteiger partial charge in [0.05, 0.1) is 5.71 Å². The molecule has 0 aliphatic carbocycles. The summed E-state index contributed by atoms with van der Waals surface area (Å²) in [7, 11) is 0. The molecule has 0 aliphatic rings. The highest BCUT2D eigenvalue weighted by Gasteiger charge is 1.83. The van der Waals surface area contributed by atoms with Crippen LogP contribution in [0.1, 0.15) is 13.8 Å². The van der Waals surface area contributed by atoms with Gasteiger partial charge in [-0.1, -0.05) is 5.57 Å². The molecule has 0 fully saturated rings. The quantitative estimate of drug-likeness (QED) is 0.421.